The fourth-order valence-electron chi connectivity index (χ4n) is 4.46. The van der Waals surface area contributed by atoms with Crippen molar-refractivity contribution >= 4 is 31.4 Å². The van der Waals surface area contributed by atoms with Crippen molar-refractivity contribution in [2.45, 2.75) is 89.3 Å². The second kappa shape index (κ2) is 18.1. The molecule has 5 unspecified atom stereocenters. The number of ketones is 2. The van der Waals surface area contributed by atoms with Crippen molar-refractivity contribution in [1.29, 1.82) is 0 Å². The molecule has 0 saturated carbocycles. The highest BCUT2D eigenvalue weighted by Crippen LogP contribution is 2.47. The molecule has 43 heavy (non-hydrogen) atoms. The summed E-state index contributed by atoms with van der Waals surface area (Å²) in [4.78, 5) is 71.6. The number of hydrogen-bond acceptors (Lipinski definition) is 11. The molecule has 15 nitrogen and oxygen atoms in total. The number of ether oxygens (including phenoxy) is 2. The van der Waals surface area contributed by atoms with Crippen LogP contribution in [0.4, 0.5) is 0 Å². The molecule has 1 aromatic rings. The van der Waals surface area contributed by atoms with Crippen LogP contribution in [0, 0.1) is 0 Å². The molecule has 1 fully saturated rings. The molecule has 5 atom stereocenters. The smallest absolute Gasteiger partial charge is 0.386 e. The maximum Gasteiger partial charge on any atom is 0.472 e. The molecule has 0 bridgehead atoms. The highest BCUT2D eigenvalue weighted by atomic mass is 31.2. The first kappa shape index (κ1) is 36.4. The van der Waals surface area contributed by atoms with Gasteiger partial charge in [0.25, 0.3) is 5.56 Å². The number of unbranched alkanes of at least 4 members (excludes halogenated alkanes) is 4. The average Bonchev–Trinajstić information content (AvgIpc) is 3.23. The Morgan fingerprint density at radius 2 is 1.77 bits per heavy atom. The summed E-state index contributed by atoms with van der Waals surface area (Å²) < 4.78 is 32.9. The Hall–Kier alpha value is -2.78. The second-order valence-electron chi connectivity index (χ2n) is 10.2. The Labute approximate surface area is 249 Å². The predicted molar refractivity (Wildman–Crippen MR) is 154 cm³/mol. The number of nitrogens with zero attached hydrogens (tertiary/aromatic N) is 1. The third-order valence-electron chi connectivity index (χ3n) is 6.73. The summed E-state index contributed by atoms with van der Waals surface area (Å²) in [5.74, 6) is -0.192. The molecular formula is C27H42N3O12P. The first-order valence-corrected chi connectivity index (χ1v) is 15.6. The van der Waals surface area contributed by atoms with Gasteiger partial charge in [0.05, 0.1) is 12.2 Å². The van der Waals surface area contributed by atoms with Gasteiger partial charge in [-0.2, -0.15) is 0 Å². The molecule has 0 radical (unpaired) electrons. The lowest BCUT2D eigenvalue weighted by atomic mass is 10.0. The van der Waals surface area contributed by atoms with E-state index in [0.717, 1.165) is 56.1 Å². The van der Waals surface area contributed by atoms with E-state index < -0.39 is 49.5 Å². The minimum atomic E-state index is -4.54. The molecule has 4 N–H and O–H groups in total. The number of amides is 1. The SMILES string of the molecule is COCC1OC(n2cc(/C=C/C(=O)NCCCCCCCC(=O)CCCC(C)=O)c(=O)[nH]c2=O)C(O)C1OP(=O)(O)OC. The van der Waals surface area contributed by atoms with E-state index in [9.17, 15) is 38.5 Å². The number of phosphoric acid groups is 1. The topological polar surface area (TPSA) is 213 Å². The summed E-state index contributed by atoms with van der Waals surface area (Å²) in [6.45, 7) is 1.77. The number of carbonyl (C=O) groups is 3. The Kier molecular flexibility index (Phi) is 15.3. The zero-order valence-corrected chi connectivity index (χ0v) is 25.6. The van der Waals surface area contributed by atoms with E-state index >= 15 is 0 Å². The molecule has 2 heterocycles. The molecular weight excluding hydrogens is 589 g/mol. The number of hydrogen-bond donors (Lipinski definition) is 4. The molecule has 1 saturated heterocycles. The number of rotatable bonds is 20. The molecule has 1 aliphatic heterocycles. The largest absolute Gasteiger partial charge is 0.472 e. The van der Waals surface area contributed by atoms with Gasteiger partial charge in [0, 0.05) is 52.3 Å². The number of aromatic nitrogens is 2. The monoisotopic (exact) mass is 631 g/mol. The van der Waals surface area contributed by atoms with Crippen molar-refractivity contribution in [3.63, 3.8) is 0 Å². The number of nitrogens with one attached hydrogen (secondary N) is 2. The van der Waals surface area contributed by atoms with Crippen molar-refractivity contribution in [3.8, 4) is 0 Å². The third kappa shape index (κ3) is 12.4. The number of H-pyrrole nitrogens is 1. The van der Waals surface area contributed by atoms with Crippen LogP contribution in [0.25, 0.3) is 6.08 Å². The van der Waals surface area contributed by atoms with E-state index in [2.05, 4.69) is 14.8 Å². The molecule has 0 aromatic carbocycles. The Balaban J connectivity index is 1.86. The van der Waals surface area contributed by atoms with Gasteiger partial charge < -0.3 is 29.6 Å². The molecule has 0 aliphatic carbocycles. The summed E-state index contributed by atoms with van der Waals surface area (Å²) in [6.07, 6.45) is 4.10. The van der Waals surface area contributed by atoms with Gasteiger partial charge in [-0.1, -0.05) is 19.3 Å². The van der Waals surface area contributed by atoms with Crippen LogP contribution in [0.2, 0.25) is 0 Å². The normalized spacial score (nSPS) is 21.6. The Morgan fingerprint density at radius 3 is 2.44 bits per heavy atom. The van der Waals surface area contributed by atoms with Crippen LogP contribution < -0.4 is 16.6 Å². The van der Waals surface area contributed by atoms with Gasteiger partial charge in [0.15, 0.2) is 6.23 Å². The number of carbonyl (C=O) groups excluding carboxylic acids is 3. The van der Waals surface area contributed by atoms with Crippen molar-refractivity contribution < 1.29 is 47.5 Å². The van der Waals surface area contributed by atoms with E-state index in [1.54, 1.807) is 0 Å². The van der Waals surface area contributed by atoms with Gasteiger partial charge in [0.1, 0.15) is 29.9 Å². The van der Waals surface area contributed by atoms with Crippen LogP contribution in [-0.2, 0) is 37.5 Å². The van der Waals surface area contributed by atoms with Crippen molar-refractivity contribution in [2.75, 3.05) is 27.4 Å². The molecule has 2 rings (SSSR count). The number of aliphatic hydroxyl groups is 1. The molecule has 242 valence electrons. The number of phosphoric ester groups is 1. The van der Waals surface area contributed by atoms with Gasteiger partial charge in [0.2, 0.25) is 5.91 Å². The molecule has 1 amide bonds. The predicted octanol–water partition coefficient (Wildman–Crippen LogP) is 1.37. The molecule has 1 aromatic heterocycles. The summed E-state index contributed by atoms with van der Waals surface area (Å²) in [5.41, 5.74) is -1.79. The average molecular weight is 632 g/mol. The van der Waals surface area contributed by atoms with Gasteiger partial charge >= 0.3 is 13.5 Å². The van der Waals surface area contributed by atoms with E-state index in [1.165, 1.54) is 20.1 Å². The minimum absolute atomic E-state index is 0.0845. The molecule has 0 spiro atoms. The summed E-state index contributed by atoms with van der Waals surface area (Å²) in [6, 6.07) is 0. The van der Waals surface area contributed by atoms with E-state index in [-0.39, 0.29) is 23.7 Å². The lowest BCUT2D eigenvalue weighted by molar-refractivity contribution is -0.120. The first-order valence-electron chi connectivity index (χ1n) is 14.1. The fraction of sp³-hybridized carbons (Fsp3) is 0.667. The van der Waals surface area contributed by atoms with Crippen LogP contribution in [0.1, 0.15) is 76.5 Å². The molecule has 1 aliphatic rings. The van der Waals surface area contributed by atoms with Crippen LogP contribution >= 0.6 is 7.82 Å². The summed E-state index contributed by atoms with van der Waals surface area (Å²) in [5, 5.41) is 13.5. The number of aromatic amines is 1. The summed E-state index contributed by atoms with van der Waals surface area (Å²) >= 11 is 0. The zero-order chi connectivity index (χ0) is 32.0. The zero-order valence-electron chi connectivity index (χ0n) is 24.7. The Morgan fingerprint density at radius 1 is 1.09 bits per heavy atom. The summed E-state index contributed by atoms with van der Waals surface area (Å²) in [7, 11) is -2.26. The third-order valence-corrected chi connectivity index (χ3v) is 7.70. The second-order valence-corrected chi connectivity index (χ2v) is 11.7. The van der Waals surface area contributed by atoms with E-state index in [4.69, 9.17) is 14.0 Å². The van der Waals surface area contributed by atoms with Crippen molar-refractivity contribution in [2.24, 2.45) is 0 Å². The lowest BCUT2D eigenvalue weighted by Crippen LogP contribution is -2.39. The minimum Gasteiger partial charge on any atom is -0.386 e. The maximum atomic E-state index is 12.5. The first-order chi connectivity index (χ1) is 20.4. The highest BCUT2D eigenvalue weighted by molar-refractivity contribution is 7.47. The van der Waals surface area contributed by atoms with Crippen LogP contribution in [0.15, 0.2) is 21.9 Å². The molecule has 16 heteroatoms. The van der Waals surface area contributed by atoms with Crippen LogP contribution in [-0.4, -0.2) is 82.7 Å². The number of methoxy groups -OCH3 is 1. The van der Waals surface area contributed by atoms with Crippen molar-refractivity contribution in [3.05, 3.63) is 38.7 Å². The van der Waals surface area contributed by atoms with E-state index in [1.807, 2.05) is 0 Å². The van der Waals surface area contributed by atoms with Gasteiger partial charge in [-0.25, -0.2) is 9.36 Å². The van der Waals surface area contributed by atoms with Gasteiger partial charge in [-0.15, -0.1) is 0 Å². The van der Waals surface area contributed by atoms with Gasteiger partial charge in [-0.05, 0) is 32.3 Å². The van der Waals surface area contributed by atoms with Crippen LogP contribution in [0.3, 0.4) is 0 Å². The Bertz CT molecular complexity index is 1280. The number of Topliss-reactive ketones (excluding diaryl/α,β-unsaturated/α-hetero) is 2. The maximum absolute atomic E-state index is 12.5. The van der Waals surface area contributed by atoms with Crippen molar-refractivity contribution in [1.82, 2.24) is 14.9 Å². The lowest BCUT2D eigenvalue weighted by Gasteiger charge is -2.22. The van der Waals surface area contributed by atoms with Crippen LogP contribution in [0.5, 0.6) is 0 Å². The number of aliphatic hydroxyl groups excluding tert-OH is 1. The quantitative estimate of drug-likeness (QED) is 0.0913. The van der Waals surface area contributed by atoms with E-state index in [0.29, 0.717) is 32.2 Å². The highest BCUT2D eigenvalue weighted by Gasteiger charge is 2.49. The van der Waals surface area contributed by atoms with Gasteiger partial charge in [-0.3, -0.25) is 33.0 Å². The standard InChI is InChI=1S/C27H42N3O12P/c1-18(31)10-9-12-20(32)11-7-5-4-6-8-15-28-22(33)14-13-19-16-30(27(36)29-25(19)35)26-23(34)24(21(41-26)17-39-2)42-43(37,38)40-3/h13-14,16,21,23-24,26,34H,4-12,15,17H2,1-3H3,(H,28,33)(H,37,38)(H,29,35,36)/b14-13+. The fourth-order valence-corrected chi connectivity index (χ4v) is 5.11.